The molecule has 94 valence electrons. The fourth-order valence-electron chi connectivity index (χ4n) is 2.23. The van der Waals surface area contributed by atoms with E-state index in [1.165, 1.54) is 12.1 Å². The number of ketones is 1. The van der Waals surface area contributed by atoms with Gasteiger partial charge in [0.1, 0.15) is 5.78 Å². The third-order valence-electron chi connectivity index (χ3n) is 3.25. The molecule has 2 rings (SSSR count). The van der Waals surface area contributed by atoms with Crippen molar-refractivity contribution < 1.29 is 13.2 Å². The number of nitriles is 1. The van der Waals surface area contributed by atoms with Gasteiger partial charge in [-0.3, -0.25) is 4.79 Å². The second-order valence-electron chi connectivity index (χ2n) is 4.41. The molecule has 0 amide bonds. The number of carbonyl (C=O) groups excluding carboxylic acids is 1. The van der Waals surface area contributed by atoms with Crippen LogP contribution in [0, 0.1) is 17.2 Å². The molecular formula is C13H13NO3S. The topological polar surface area (TPSA) is 75.0 Å². The van der Waals surface area contributed by atoms with Gasteiger partial charge < -0.3 is 0 Å². The number of rotatable bonds is 2. The first-order chi connectivity index (χ1) is 8.55. The molecule has 1 aromatic carbocycles. The minimum absolute atomic E-state index is 0.0462. The van der Waals surface area contributed by atoms with Crippen molar-refractivity contribution in [2.45, 2.75) is 29.4 Å². The van der Waals surface area contributed by atoms with Crippen LogP contribution in [-0.4, -0.2) is 19.5 Å². The molecule has 0 unspecified atom stereocenters. The maximum absolute atomic E-state index is 12.4. The molecule has 0 bridgehead atoms. The Labute approximate surface area is 106 Å². The van der Waals surface area contributed by atoms with E-state index in [0.717, 1.165) is 0 Å². The molecule has 2 atom stereocenters. The van der Waals surface area contributed by atoms with Crippen LogP contribution in [0.15, 0.2) is 35.2 Å². The third-order valence-corrected chi connectivity index (χ3v) is 5.47. The Balaban J connectivity index is 2.40. The van der Waals surface area contributed by atoms with Gasteiger partial charge in [0, 0.05) is 12.8 Å². The lowest BCUT2D eigenvalue weighted by atomic mass is 9.89. The molecule has 0 N–H and O–H groups in total. The summed E-state index contributed by atoms with van der Waals surface area (Å²) in [6.45, 7) is 0. The largest absolute Gasteiger partial charge is 0.300 e. The minimum Gasteiger partial charge on any atom is -0.300 e. The molecule has 0 spiro atoms. The monoisotopic (exact) mass is 263 g/mol. The summed E-state index contributed by atoms with van der Waals surface area (Å²) in [5.74, 6) is -0.668. The third kappa shape index (κ3) is 2.29. The van der Waals surface area contributed by atoms with Gasteiger partial charge in [-0.1, -0.05) is 18.2 Å². The van der Waals surface area contributed by atoms with E-state index in [1.807, 2.05) is 6.07 Å². The molecule has 0 heterocycles. The molecule has 18 heavy (non-hydrogen) atoms. The van der Waals surface area contributed by atoms with Crippen LogP contribution < -0.4 is 0 Å². The maximum atomic E-state index is 12.4. The highest BCUT2D eigenvalue weighted by atomic mass is 32.2. The van der Waals surface area contributed by atoms with Gasteiger partial charge in [-0.25, -0.2) is 8.42 Å². The zero-order valence-electron chi connectivity index (χ0n) is 9.74. The van der Waals surface area contributed by atoms with Crippen LogP contribution >= 0.6 is 0 Å². The first-order valence-electron chi connectivity index (χ1n) is 5.76. The average molecular weight is 263 g/mol. The average Bonchev–Trinajstić information content (AvgIpc) is 2.39. The van der Waals surface area contributed by atoms with E-state index < -0.39 is 21.0 Å². The summed E-state index contributed by atoms with van der Waals surface area (Å²) < 4.78 is 24.8. The number of sulfone groups is 1. The van der Waals surface area contributed by atoms with Crippen molar-refractivity contribution >= 4 is 15.6 Å². The van der Waals surface area contributed by atoms with E-state index in [4.69, 9.17) is 5.26 Å². The molecule has 4 nitrogen and oxygen atoms in total. The van der Waals surface area contributed by atoms with Crippen molar-refractivity contribution in [3.63, 3.8) is 0 Å². The molecule has 1 aliphatic carbocycles. The van der Waals surface area contributed by atoms with Crippen molar-refractivity contribution in [3.8, 4) is 6.07 Å². The summed E-state index contributed by atoms with van der Waals surface area (Å²) in [4.78, 5) is 11.6. The second-order valence-corrected chi connectivity index (χ2v) is 6.58. The van der Waals surface area contributed by atoms with Crippen LogP contribution in [0.3, 0.4) is 0 Å². The zero-order chi connectivity index (χ0) is 13.2. The van der Waals surface area contributed by atoms with Crippen molar-refractivity contribution in [3.05, 3.63) is 30.3 Å². The Kier molecular flexibility index (Phi) is 3.48. The first-order valence-corrected chi connectivity index (χ1v) is 7.30. The van der Waals surface area contributed by atoms with Crippen LogP contribution in [0.2, 0.25) is 0 Å². The molecule has 0 saturated heterocycles. The molecule has 0 aromatic heterocycles. The Morgan fingerprint density at radius 2 is 1.89 bits per heavy atom. The van der Waals surface area contributed by atoms with E-state index in [1.54, 1.807) is 18.2 Å². The fraction of sp³-hybridized carbons (Fsp3) is 0.385. The Hall–Kier alpha value is -1.67. The van der Waals surface area contributed by atoms with Gasteiger partial charge in [-0.2, -0.15) is 5.26 Å². The smallest absolute Gasteiger partial charge is 0.182 e. The molecule has 0 aliphatic heterocycles. The summed E-state index contributed by atoms with van der Waals surface area (Å²) in [5, 5.41) is 8.14. The Morgan fingerprint density at radius 1 is 1.22 bits per heavy atom. The lowest BCUT2D eigenvalue weighted by Gasteiger charge is -2.25. The summed E-state index contributed by atoms with van der Waals surface area (Å²) in [7, 11) is -3.60. The van der Waals surface area contributed by atoms with E-state index in [0.29, 0.717) is 12.8 Å². The summed E-state index contributed by atoms with van der Waals surface area (Å²) in [6, 6.07) is 10.0. The molecule has 1 saturated carbocycles. The highest BCUT2D eigenvalue weighted by molar-refractivity contribution is 7.92. The van der Waals surface area contributed by atoms with Crippen LogP contribution in [0.4, 0.5) is 0 Å². The predicted molar refractivity (Wildman–Crippen MR) is 65.4 cm³/mol. The molecule has 1 fully saturated rings. The first kappa shape index (κ1) is 12.8. The van der Waals surface area contributed by atoms with Crippen molar-refractivity contribution in [2.24, 2.45) is 5.92 Å². The predicted octanol–water partition coefficient (Wildman–Crippen LogP) is 1.72. The molecule has 0 radical (unpaired) electrons. The van der Waals surface area contributed by atoms with E-state index in [2.05, 4.69) is 0 Å². The lowest BCUT2D eigenvalue weighted by Crippen LogP contribution is -2.35. The van der Waals surface area contributed by atoms with Crippen molar-refractivity contribution in [1.82, 2.24) is 0 Å². The maximum Gasteiger partial charge on any atom is 0.182 e. The zero-order valence-corrected chi connectivity index (χ0v) is 10.6. The number of hydrogen-bond acceptors (Lipinski definition) is 4. The molecule has 5 heteroatoms. The van der Waals surface area contributed by atoms with E-state index in [9.17, 15) is 13.2 Å². The Morgan fingerprint density at radius 3 is 2.50 bits per heavy atom. The highest BCUT2D eigenvalue weighted by Crippen LogP contribution is 2.31. The van der Waals surface area contributed by atoms with Gasteiger partial charge in [-0.05, 0) is 18.6 Å². The quantitative estimate of drug-likeness (QED) is 0.814. The normalized spacial score (nSPS) is 24.5. The van der Waals surface area contributed by atoms with Gasteiger partial charge in [0.2, 0.25) is 0 Å². The summed E-state index contributed by atoms with van der Waals surface area (Å²) in [5.41, 5.74) is 0. The second kappa shape index (κ2) is 4.91. The Bertz CT molecular complexity index is 586. The van der Waals surface area contributed by atoms with Crippen LogP contribution in [0.5, 0.6) is 0 Å². The van der Waals surface area contributed by atoms with Crippen molar-refractivity contribution in [1.29, 1.82) is 5.26 Å². The van der Waals surface area contributed by atoms with Gasteiger partial charge in [0.25, 0.3) is 0 Å². The molecule has 1 aliphatic rings. The number of benzene rings is 1. The highest BCUT2D eigenvalue weighted by Gasteiger charge is 2.39. The van der Waals surface area contributed by atoms with Gasteiger partial charge in [0.15, 0.2) is 9.84 Å². The summed E-state index contributed by atoms with van der Waals surface area (Å²) >= 11 is 0. The lowest BCUT2D eigenvalue weighted by molar-refractivity contribution is -0.120. The van der Waals surface area contributed by atoms with Gasteiger partial charge in [0.05, 0.1) is 22.1 Å². The van der Waals surface area contributed by atoms with E-state index >= 15 is 0 Å². The van der Waals surface area contributed by atoms with Gasteiger partial charge >= 0.3 is 0 Å². The molecular weight excluding hydrogens is 250 g/mol. The number of nitrogens with zero attached hydrogens (tertiary/aromatic N) is 1. The SMILES string of the molecule is N#C[C@H]1CCC(=O)C[C@@H]1S(=O)(=O)c1ccccc1. The number of carbonyl (C=O) groups is 1. The standard InChI is InChI=1S/C13H13NO3S/c14-9-10-6-7-11(15)8-13(10)18(16,17)12-4-2-1-3-5-12/h1-5,10,13H,6-8H2/t10-,13+/m1/s1. The summed E-state index contributed by atoms with van der Waals surface area (Å²) in [6.07, 6.45) is 0.598. The van der Waals surface area contributed by atoms with Gasteiger partial charge in [-0.15, -0.1) is 0 Å². The van der Waals surface area contributed by atoms with E-state index in [-0.39, 0.29) is 17.1 Å². The minimum atomic E-state index is -3.60. The molecule has 1 aromatic rings. The van der Waals surface area contributed by atoms with Crippen LogP contribution in [0.1, 0.15) is 19.3 Å². The fourth-order valence-corrected chi connectivity index (χ4v) is 4.15. The van der Waals surface area contributed by atoms with Crippen molar-refractivity contribution in [2.75, 3.05) is 0 Å². The number of hydrogen-bond donors (Lipinski definition) is 0. The van der Waals surface area contributed by atoms with Crippen LogP contribution in [-0.2, 0) is 14.6 Å². The number of Topliss-reactive ketones (excluding diaryl/α,β-unsaturated/α-hetero) is 1. The van der Waals surface area contributed by atoms with Crippen LogP contribution in [0.25, 0.3) is 0 Å².